The van der Waals surface area contributed by atoms with Gasteiger partial charge in [0, 0.05) is 37.2 Å². The molecule has 0 aliphatic rings. The van der Waals surface area contributed by atoms with Crippen LogP contribution in [0.15, 0.2) is 48.6 Å². The molecule has 0 bridgehead atoms. The largest absolute Gasteiger partial charge is 0.494 e. The number of nitrogens with zero attached hydrogens (tertiary/aromatic N) is 8. The first kappa shape index (κ1) is 45.4. The predicted molar refractivity (Wildman–Crippen MR) is 234 cm³/mol. The van der Waals surface area contributed by atoms with E-state index in [1.54, 1.807) is 58.9 Å². The highest BCUT2D eigenvalue weighted by Gasteiger charge is 2.27. The van der Waals surface area contributed by atoms with Crippen molar-refractivity contribution in [3.63, 3.8) is 0 Å². The minimum atomic E-state index is -5.03. The molecule has 8 N–H and O–H groups in total. The van der Waals surface area contributed by atoms with E-state index in [1.165, 1.54) is 36.1 Å². The third kappa shape index (κ3) is 9.81. The van der Waals surface area contributed by atoms with E-state index in [1.807, 2.05) is 13.8 Å². The fourth-order valence-corrected chi connectivity index (χ4v) is 7.55. The van der Waals surface area contributed by atoms with Gasteiger partial charge in [-0.05, 0) is 64.1 Å². The van der Waals surface area contributed by atoms with E-state index < -0.39 is 37.7 Å². The summed E-state index contributed by atoms with van der Waals surface area (Å²) in [4.78, 5) is 80.6. The number of ether oxygens (including phenoxy) is 2. The van der Waals surface area contributed by atoms with Crippen LogP contribution in [-0.4, -0.2) is 85.5 Å². The summed E-state index contributed by atoms with van der Waals surface area (Å²) in [5, 5.41) is 14.5. The minimum absolute atomic E-state index is 0.00432. The molecule has 22 nitrogen and oxygen atoms in total. The first-order valence-corrected chi connectivity index (χ1v) is 21.7. The number of aryl methyl sites for hydroxylation is 3. The molecule has 2 unspecified atom stereocenters. The molecule has 0 spiro atoms. The summed E-state index contributed by atoms with van der Waals surface area (Å²) in [5.74, 6) is -2.33. The number of methoxy groups -OCH3 is 1. The van der Waals surface area contributed by atoms with Gasteiger partial charge < -0.3 is 39.9 Å². The van der Waals surface area contributed by atoms with Crippen molar-refractivity contribution in [3.8, 4) is 11.5 Å². The second-order valence-electron chi connectivity index (χ2n) is 13.8. The van der Waals surface area contributed by atoms with Gasteiger partial charge in [-0.2, -0.15) is 10.2 Å². The van der Waals surface area contributed by atoms with Crippen molar-refractivity contribution in [1.29, 1.82) is 0 Å². The number of amides is 4. The Kier molecular flexibility index (Phi) is 13.5. The highest BCUT2D eigenvalue weighted by atomic mass is 127. The van der Waals surface area contributed by atoms with Gasteiger partial charge in [0.25, 0.3) is 11.8 Å². The summed E-state index contributed by atoms with van der Waals surface area (Å²) >= 11 is 2.15. The maximum atomic E-state index is 13.8. The van der Waals surface area contributed by atoms with Crippen LogP contribution >= 0.6 is 30.4 Å². The van der Waals surface area contributed by atoms with Crippen LogP contribution < -0.4 is 31.6 Å². The zero-order chi connectivity index (χ0) is 45.2. The van der Waals surface area contributed by atoms with E-state index >= 15 is 0 Å². The molecule has 0 aliphatic carbocycles. The Bertz CT molecular complexity index is 2800. The lowest BCUT2D eigenvalue weighted by Gasteiger charge is -2.20. The highest BCUT2D eigenvalue weighted by Crippen LogP contribution is 2.40. The number of alkyl halides is 1. The molecule has 4 heterocycles. The smallest absolute Gasteiger partial charge is 0.472 e. The van der Waals surface area contributed by atoms with Crippen LogP contribution in [0.5, 0.6) is 11.5 Å². The summed E-state index contributed by atoms with van der Waals surface area (Å²) < 4.78 is 34.5. The van der Waals surface area contributed by atoms with E-state index in [-0.39, 0.29) is 80.5 Å². The molecule has 0 fully saturated rings. The van der Waals surface area contributed by atoms with E-state index in [9.17, 15) is 33.5 Å². The zero-order valence-corrected chi connectivity index (χ0v) is 37.4. The molecule has 0 saturated heterocycles. The Morgan fingerprint density at radius 3 is 1.81 bits per heavy atom. The summed E-state index contributed by atoms with van der Waals surface area (Å²) in [6.07, 6.45) is 1.95. The number of phosphoric ester groups is 1. The number of carbonyl (C=O) groups excluding carboxylic acids is 4. The quantitative estimate of drug-likeness (QED) is 0.0226. The molecule has 0 aliphatic heterocycles. The molecular formula is C38H44IN12O10P. The second-order valence-corrected chi connectivity index (χ2v) is 16.8. The van der Waals surface area contributed by atoms with Crippen molar-refractivity contribution in [3.05, 3.63) is 82.5 Å². The normalized spacial score (nSPS) is 12.9. The van der Waals surface area contributed by atoms with Crippen LogP contribution in [0.1, 0.15) is 84.3 Å². The molecule has 4 aromatic heterocycles. The number of imidazole rings is 2. The number of aromatic nitrogens is 8. The number of carbonyl (C=O) groups is 4. The van der Waals surface area contributed by atoms with Crippen LogP contribution in [0.25, 0.3) is 22.1 Å². The SMILES string of the molecule is CCC(Oc1cc(C(N)=O)cc2nc(NC(=O)c3cc(C)nn3CC)n(C/C=C/Cn3c(NC(=O)c4cc(C)nn4C(C)I)nc4cc(C(N)=O)cc(OC)c43)c12)OP(=O)(O)O. The van der Waals surface area contributed by atoms with Crippen molar-refractivity contribution >= 4 is 88.0 Å². The number of nitrogens with one attached hydrogen (secondary N) is 2. The van der Waals surface area contributed by atoms with Gasteiger partial charge in [0.05, 0.1) is 29.5 Å². The summed E-state index contributed by atoms with van der Waals surface area (Å²) in [5.41, 5.74) is 14.2. The number of rotatable bonds is 18. The Morgan fingerprint density at radius 1 is 0.823 bits per heavy atom. The number of hydrogen-bond acceptors (Lipinski definition) is 12. The topological polar surface area (TPSA) is 301 Å². The molecule has 2 aromatic carbocycles. The lowest BCUT2D eigenvalue weighted by Crippen LogP contribution is -2.21. The number of benzene rings is 2. The van der Waals surface area contributed by atoms with Crippen molar-refractivity contribution < 1.29 is 47.5 Å². The summed E-state index contributed by atoms with van der Waals surface area (Å²) in [6.45, 7) is 9.23. The number of allylic oxidation sites excluding steroid dienone is 2. The van der Waals surface area contributed by atoms with E-state index in [0.717, 1.165) is 0 Å². The standard InChI is InChI=1S/C38H44IN12O10P/c1-7-30(61-62(56,57)58)60-29-18-23(34(41)53)16-25-32(29)49(37(43-25)44-35(54)26-13-19(3)46-50(26)8-2)12-10-9-11-48-31-24(15-22(33(40)52)17-28(31)59-6)42-38(48)45-36(55)27-14-20(4)47-51(27)21(5)39/h9-10,13-18,21,30H,7-8,11-12H2,1-6H3,(H2,40,52)(H2,41,53)(H,42,45,55)(H,43,44,54)(H2,56,57,58)/b10-9+. The lowest BCUT2D eigenvalue weighted by atomic mass is 10.1. The fourth-order valence-electron chi connectivity index (χ4n) is 6.63. The Labute approximate surface area is 367 Å². The molecule has 6 aromatic rings. The van der Waals surface area contributed by atoms with Crippen LogP contribution in [0.3, 0.4) is 0 Å². The van der Waals surface area contributed by atoms with Gasteiger partial charge in [-0.1, -0.05) is 41.7 Å². The van der Waals surface area contributed by atoms with E-state index in [0.29, 0.717) is 29.0 Å². The van der Waals surface area contributed by atoms with Crippen molar-refractivity contribution in [1.82, 2.24) is 38.7 Å². The van der Waals surface area contributed by atoms with Gasteiger partial charge >= 0.3 is 7.82 Å². The Hall–Kier alpha value is -6.14. The second kappa shape index (κ2) is 18.5. The van der Waals surface area contributed by atoms with Gasteiger partial charge in [0.15, 0.2) is 0 Å². The summed E-state index contributed by atoms with van der Waals surface area (Å²) in [6, 6.07) is 8.88. The number of nitrogens with two attached hydrogens (primary N) is 2. The average Bonchev–Trinajstić information content (AvgIpc) is 3.97. The van der Waals surface area contributed by atoms with Gasteiger partial charge in [-0.25, -0.2) is 23.7 Å². The molecule has 6 rings (SSSR count). The molecular weight excluding hydrogens is 942 g/mol. The molecule has 328 valence electrons. The molecule has 2 atom stereocenters. The van der Waals surface area contributed by atoms with Gasteiger partial charge in [-0.15, -0.1) is 0 Å². The maximum Gasteiger partial charge on any atom is 0.472 e. The van der Waals surface area contributed by atoms with E-state index in [2.05, 4.69) is 53.4 Å². The van der Waals surface area contributed by atoms with Crippen molar-refractivity contribution in [2.75, 3.05) is 17.7 Å². The fraction of sp³-hybridized carbons (Fsp3) is 0.316. The number of hydrogen-bond donors (Lipinski definition) is 6. The maximum absolute atomic E-state index is 13.8. The Balaban J connectivity index is 1.45. The molecule has 24 heteroatoms. The number of phosphoric acid groups is 1. The third-order valence-corrected chi connectivity index (χ3v) is 10.3. The third-order valence-electron chi connectivity index (χ3n) is 9.30. The van der Waals surface area contributed by atoms with E-state index in [4.69, 9.17) is 25.5 Å². The average molecular weight is 987 g/mol. The summed E-state index contributed by atoms with van der Waals surface area (Å²) in [7, 11) is -3.61. The Morgan fingerprint density at radius 2 is 1.32 bits per heavy atom. The van der Waals surface area contributed by atoms with Crippen LogP contribution in [0.2, 0.25) is 0 Å². The molecule has 62 heavy (non-hydrogen) atoms. The number of primary amides is 2. The van der Waals surface area contributed by atoms with Gasteiger partial charge in [0.1, 0.15) is 38.0 Å². The first-order valence-electron chi connectivity index (χ1n) is 19.0. The minimum Gasteiger partial charge on any atom is -0.494 e. The molecule has 0 radical (unpaired) electrons. The van der Waals surface area contributed by atoms with Gasteiger partial charge in [-0.3, -0.25) is 34.5 Å². The lowest BCUT2D eigenvalue weighted by molar-refractivity contribution is -0.0170. The number of anilines is 2. The number of halogens is 1. The first-order chi connectivity index (χ1) is 29.3. The molecule has 0 saturated carbocycles. The van der Waals surface area contributed by atoms with Crippen molar-refractivity contribution in [2.24, 2.45) is 11.5 Å². The highest BCUT2D eigenvalue weighted by molar-refractivity contribution is 14.1. The predicted octanol–water partition coefficient (Wildman–Crippen LogP) is 4.56. The zero-order valence-electron chi connectivity index (χ0n) is 34.3. The van der Waals surface area contributed by atoms with Crippen LogP contribution in [0, 0.1) is 13.8 Å². The monoisotopic (exact) mass is 986 g/mol. The van der Waals surface area contributed by atoms with Gasteiger partial charge in [0.2, 0.25) is 30.0 Å². The van der Waals surface area contributed by atoms with Crippen molar-refractivity contribution in [2.45, 2.75) is 71.0 Å². The molecule has 4 amide bonds. The number of fused-ring (bicyclic) bond motifs is 2. The van der Waals surface area contributed by atoms with Crippen LogP contribution in [0.4, 0.5) is 11.9 Å². The van der Waals surface area contributed by atoms with Crippen LogP contribution in [-0.2, 0) is 28.7 Å².